The Morgan fingerprint density at radius 3 is 2.63 bits per heavy atom. The van der Waals surface area contributed by atoms with Gasteiger partial charge in [-0.05, 0) is 74.8 Å². The van der Waals surface area contributed by atoms with Crippen molar-refractivity contribution < 1.29 is 23.9 Å². The van der Waals surface area contributed by atoms with Gasteiger partial charge in [-0.1, -0.05) is 42.5 Å². The number of thiocarbonyl (C=S) groups is 1. The van der Waals surface area contributed by atoms with Crippen molar-refractivity contribution in [1.82, 2.24) is 4.90 Å². The van der Waals surface area contributed by atoms with Crippen molar-refractivity contribution in [2.45, 2.75) is 58.3 Å². The first-order valence-corrected chi connectivity index (χ1v) is 15.0. The second-order valence-corrected chi connectivity index (χ2v) is 11.9. The quantitative estimate of drug-likeness (QED) is 0.148. The molecule has 7 nitrogen and oxygen atoms in total. The van der Waals surface area contributed by atoms with E-state index in [2.05, 4.69) is 5.32 Å². The second-order valence-electron chi connectivity index (χ2n) is 9.10. The number of esters is 1. The van der Waals surface area contributed by atoms with Crippen LogP contribution in [-0.4, -0.2) is 47.3 Å². The number of carbonyl (C=O) groups is 3. The predicted molar refractivity (Wildman–Crippen MR) is 157 cm³/mol. The minimum Gasteiger partial charge on any atom is -0.497 e. The van der Waals surface area contributed by atoms with E-state index < -0.39 is 0 Å². The van der Waals surface area contributed by atoms with Gasteiger partial charge in [0.05, 0.1) is 24.2 Å². The zero-order valence-electron chi connectivity index (χ0n) is 21.7. The third kappa shape index (κ3) is 6.84. The highest BCUT2D eigenvalue weighted by Crippen LogP contribution is 2.39. The molecule has 2 aromatic rings. The van der Waals surface area contributed by atoms with Crippen molar-refractivity contribution in [2.75, 3.05) is 25.6 Å². The Morgan fingerprint density at radius 1 is 1.13 bits per heavy atom. The maximum atomic E-state index is 12.9. The number of aryl methyl sites for hydroxylation is 1. The highest BCUT2D eigenvalue weighted by atomic mass is 32.2. The number of rotatable bonds is 11. The number of amides is 2. The zero-order valence-corrected chi connectivity index (χ0v) is 24.1. The summed E-state index contributed by atoms with van der Waals surface area (Å²) < 4.78 is 11.0. The summed E-state index contributed by atoms with van der Waals surface area (Å²) in [4.78, 5) is 41.5. The molecule has 1 saturated heterocycles. The first-order valence-electron chi connectivity index (χ1n) is 12.9. The van der Waals surface area contributed by atoms with Crippen molar-refractivity contribution in [3.05, 3.63) is 50.7 Å². The molecule has 0 bridgehead atoms. The van der Waals surface area contributed by atoms with Gasteiger partial charge in [0.2, 0.25) is 5.91 Å². The fraction of sp³-hybridized carbons (Fsp3) is 0.429. The van der Waals surface area contributed by atoms with Crippen LogP contribution in [0.25, 0.3) is 6.08 Å². The summed E-state index contributed by atoms with van der Waals surface area (Å²) >= 11 is 8.25. The third-order valence-corrected chi connectivity index (χ3v) is 9.06. The number of anilines is 1. The summed E-state index contributed by atoms with van der Waals surface area (Å²) in [6, 6.07) is 7.51. The van der Waals surface area contributed by atoms with Crippen LogP contribution in [0, 0.1) is 0 Å². The molecule has 0 unspecified atom stereocenters. The number of carbonyl (C=O) groups excluding carboxylic acids is 3. The molecule has 0 atom stereocenters. The Balaban J connectivity index is 1.25. The van der Waals surface area contributed by atoms with Crippen molar-refractivity contribution in [2.24, 2.45) is 0 Å². The van der Waals surface area contributed by atoms with Gasteiger partial charge < -0.3 is 14.8 Å². The lowest BCUT2D eigenvalue weighted by atomic mass is 9.95. The van der Waals surface area contributed by atoms with E-state index >= 15 is 0 Å². The first kappa shape index (κ1) is 28.3. The number of thioether (sulfide) groups is 1. The monoisotopic (exact) mass is 572 g/mol. The minimum absolute atomic E-state index is 0.0817. The Kier molecular flexibility index (Phi) is 9.98. The lowest BCUT2D eigenvalue weighted by Crippen LogP contribution is -2.29. The topological polar surface area (TPSA) is 84.9 Å². The number of nitrogens with one attached hydrogen (secondary N) is 1. The predicted octanol–water partition coefficient (Wildman–Crippen LogP) is 6.21. The summed E-state index contributed by atoms with van der Waals surface area (Å²) in [7, 11) is 1.62. The number of fused-ring (bicyclic) bond motifs is 1. The lowest BCUT2D eigenvalue weighted by molar-refractivity contribution is -0.122. The van der Waals surface area contributed by atoms with Crippen molar-refractivity contribution >= 4 is 68.5 Å². The molecule has 1 aromatic carbocycles. The summed E-state index contributed by atoms with van der Waals surface area (Å²) in [6.07, 6.45) is 8.34. The number of benzene rings is 1. The van der Waals surface area contributed by atoms with Crippen molar-refractivity contribution in [3.8, 4) is 5.75 Å². The molecule has 2 aliphatic rings. The molecule has 10 heteroatoms. The fourth-order valence-corrected chi connectivity index (χ4v) is 7.14. The van der Waals surface area contributed by atoms with E-state index in [1.165, 1.54) is 28.0 Å². The molecule has 1 aromatic heterocycles. The molecular formula is C28H32N2O5S3. The molecule has 0 saturated carbocycles. The largest absolute Gasteiger partial charge is 0.497 e. The third-order valence-electron chi connectivity index (χ3n) is 6.48. The normalized spacial score (nSPS) is 16.1. The Labute approximate surface area is 236 Å². The number of thiophene rings is 1. The Hall–Kier alpha value is -2.69. The van der Waals surface area contributed by atoms with Crippen LogP contribution in [0.4, 0.5) is 5.00 Å². The Bertz CT molecular complexity index is 1240. The number of hydrogen-bond donors (Lipinski definition) is 1. The average Bonchev–Trinajstić information content (AvgIpc) is 3.40. The van der Waals surface area contributed by atoms with Crippen LogP contribution in [-0.2, 0) is 27.2 Å². The van der Waals surface area contributed by atoms with Gasteiger partial charge in [0.15, 0.2) is 0 Å². The minimum atomic E-state index is -0.355. The van der Waals surface area contributed by atoms with Crippen LogP contribution in [0.1, 0.15) is 71.8 Å². The maximum Gasteiger partial charge on any atom is 0.341 e. The molecule has 0 radical (unpaired) electrons. The van der Waals surface area contributed by atoms with Crippen LogP contribution in [0.15, 0.2) is 29.2 Å². The van der Waals surface area contributed by atoms with Crippen LogP contribution in [0.2, 0.25) is 0 Å². The number of unbranched alkanes of at least 4 members (excludes halogenated alkanes) is 2. The maximum absolute atomic E-state index is 12.9. The number of ether oxygens (including phenoxy) is 2. The lowest BCUT2D eigenvalue weighted by Gasteiger charge is -2.14. The summed E-state index contributed by atoms with van der Waals surface area (Å²) in [5.74, 6) is 0.216. The average molecular weight is 573 g/mol. The van der Waals surface area contributed by atoms with Gasteiger partial charge in [-0.15, -0.1) is 11.3 Å². The van der Waals surface area contributed by atoms with Gasteiger partial charge in [0.25, 0.3) is 5.91 Å². The highest BCUT2D eigenvalue weighted by Gasteiger charge is 2.31. The molecule has 1 aliphatic heterocycles. The van der Waals surface area contributed by atoms with Crippen LogP contribution in [0.5, 0.6) is 5.75 Å². The van der Waals surface area contributed by atoms with Crippen molar-refractivity contribution in [1.29, 1.82) is 0 Å². The molecule has 2 amide bonds. The highest BCUT2D eigenvalue weighted by molar-refractivity contribution is 8.26. The van der Waals surface area contributed by atoms with Gasteiger partial charge in [-0.2, -0.15) is 0 Å². The molecule has 1 aliphatic carbocycles. The molecule has 1 fully saturated rings. The summed E-state index contributed by atoms with van der Waals surface area (Å²) in [6.45, 7) is 2.61. The number of nitrogens with zero attached hydrogens (tertiary/aromatic N) is 1. The van der Waals surface area contributed by atoms with Crippen LogP contribution < -0.4 is 10.1 Å². The summed E-state index contributed by atoms with van der Waals surface area (Å²) in [5, 5.41) is 3.58. The standard InChI is InChI=1S/C28H32N2O5S3/c1-3-35-27(33)24-20-9-6-7-10-21(20)37-25(24)29-23(31)11-5-4-8-16-30-26(32)22(38-28(30)36)17-18-12-14-19(34-2)15-13-18/h12-15,17H,3-11,16H2,1-2H3,(H,29,31). The van der Waals surface area contributed by atoms with E-state index in [-0.39, 0.29) is 17.8 Å². The van der Waals surface area contributed by atoms with Crippen LogP contribution in [0.3, 0.4) is 0 Å². The van der Waals surface area contributed by atoms with Gasteiger partial charge in [0.1, 0.15) is 15.1 Å². The SMILES string of the molecule is CCOC(=O)c1c(NC(=O)CCCCCN2C(=O)C(=Cc3ccc(OC)cc3)SC2=S)sc2c1CCCC2. The molecule has 1 N–H and O–H groups in total. The first-order chi connectivity index (χ1) is 18.4. The molecule has 38 heavy (non-hydrogen) atoms. The van der Waals surface area contributed by atoms with E-state index in [1.54, 1.807) is 18.9 Å². The number of hydrogen-bond acceptors (Lipinski definition) is 8. The van der Waals surface area contributed by atoms with Gasteiger partial charge in [-0.3, -0.25) is 14.5 Å². The number of methoxy groups -OCH3 is 1. The second kappa shape index (κ2) is 13.4. The van der Waals surface area contributed by atoms with Crippen LogP contribution >= 0.6 is 35.3 Å². The van der Waals surface area contributed by atoms with E-state index in [0.717, 1.165) is 55.4 Å². The fourth-order valence-electron chi connectivity index (χ4n) is 4.54. The van der Waals surface area contributed by atoms with E-state index in [9.17, 15) is 14.4 Å². The molecule has 0 spiro atoms. The molecule has 202 valence electrons. The van der Waals surface area contributed by atoms with E-state index in [0.29, 0.717) is 45.8 Å². The van der Waals surface area contributed by atoms with Crippen molar-refractivity contribution in [3.63, 3.8) is 0 Å². The smallest absolute Gasteiger partial charge is 0.341 e. The molecule has 4 rings (SSSR count). The van der Waals surface area contributed by atoms with E-state index in [1.807, 2.05) is 30.3 Å². The van der Waals surface area contributed by atoms with Gasteiger partial charge >= 0.3 is 5.97 Å². The van der Waals surface area contributed by atoms with Gasteiger partial charge in [-0.25, -0.2) is 4.79 Å². The Morgan fingerprint density at radius 2 is 1.89 bits per heavy atom. The molecular weight excluding hydrogens is 541 g/mol. The van der Waals surface area contributed by atoms with Gasteiger partial charge in [0, 0.05) is 17.8 Å². The van der Waals surface area contributed by atoms with E-state index in [4.69, 9.17) is 21.7 Å². The summed E-state index contributed by atoms with van der Waals surface area (Å²) in [5.41, 5.74) is 2.49. The zero-order chi connectivity index (χ0) is 27.1. The molecule has 2 heterocycles.